The number of carbonyl (C=O) groups is 1. The maximum Gasteiger partial charge on any atom is 0.416 e. The minimum atomic E-state index is -4.51. The molecule has 0 N–H and O–H groups in total. The molecule has 2 aromatic carbocycles. The number of anilines is 1. The summed E-state index contributed by atoms with van der Waals surface area (Å²) in [6.07, 6.45) is -4.51. The molecule has 27 heavy (non-hydrogen) atoms. The quantitative estimate of drug-likeness (QED) is 0.751. The van der Waals surface area contributed by atoms with E-state index in [9.17, 15) is 27.6 Å². The minimum Gasteiger partial charge on any atom is -0.367 e. The molecular weight excluding hydrogens is 362 g/mol. The van der Waals surface area contributed by atoms with E-state index in [2.05, 4.69) is 0 Å². The molecule has 1 saturated heterocycles. The lowest BCUT2D eigenvalue weighted by atomic mass is 10.1. The number of amides is 1. The molecule has 1 heterocycles. The zero-order valence-electron chi connectivity index (χ0n) is 14.1. The first-order chi connectivity index (χ1) is 12.8. The van der Waals surface area contributed by atoms with Gasteiger partial charge in [-0.1, -0.05) is 6.07 Å². The van der Waals surface area contributed by atoms with Gasteiger partial charge >= 0.3 is 6.18 Å². The van der Waals surface area contributed by atoms with Crippen LogP contribution in [0.4, 0.5) is 23.2 Å². The number of halogens is 4. The average Bonchev–Trinajstić information content (AvgIpc) is 2.66. The third-order valence-corrected chi connectivity index (χ3v) is 4.42. The predicted octanol–water partition coefficient (Wildman–Crippen LogP) is 3.68. The molecular formula is C19H15F4N3O. The number of piperazine rings is 1. The molecule has 4 nitrogen and oxygen atoms in total. The average molecular weight is 377 g/mol. The van der Waals surface area contributed by atoms with Crippen LogP contribution in [0.5, 0.6) is 0 Å². The van der Waals surface area contributed by atoms with Crippen LogP contribution in [-0.2, 0) is 6.18 Å². The number of carbonyl (C=O) groups excluding carboxylic acids is 1. The molecule has 0 aromatic heterocycles. The highest BCUT2D eigenvalue weighted by Gasteiger charge is 2.32. The van der Waals surface area contributed by atoms with Gasteiger partial charge in [-0.3, -0.25) is 4.79 Å². The highest BCUT2D eigenvalue weighted by Crippen LogP contribution is 2.33. The number of benzene rings is 2. The molecule has 1 fully saturated rings. The Hall–Kier alpha value is -3.08. The fraction of sp³-hybridized carbons (Fsp3) is 0.263. The second kappa shape index (κ2) is 7.27. The lowest BCUT2D eigenvalue weighted by Crippen LogP contribution is -2.49. The predicted molar refractivity (Wildman–Crippen MR) is 90.7 cm³/mol. The van der Waals surface area contributed by atoms with Crippen LogP contribution >= 0.6 is 0 Å². The summed E-state index contributed by atoms with van der Waals surface area (Å²) < 4.78 is 51.7. The summed E-state index contributed by atoms with van der Waals surface area (Å²) in [6, 6.07) is 10.3. The SMILES string of the molecule is N#Cc1cc(C(F)(F)F)ccc1N1CCN(C(=O)c2cccc(F)c2)CC1. The van der Waals surface area contributed by atoms with Crippen LogP contribution in [0, 0.1) is 17.1 Å². The summed E-state index contributed by atoms with van der Waals surface area (Å²) in [7, 11) is 0. The molecule has 8 heteroatoms. The Labute approximate surface area is 153 Å². The highest BCUT2D eigenvalue weighted by atomic mass is 19.4. The van der Waals surface area contributed by atoms with Gasteiger partial charge in [-0.25, -0.2) is 4.39 Å². The minimum absolute atomic E-state index is 0.0604. The molecule has 0 atom stereocenters. The smallest absolute Gasteiger partial charge is 0.367 e. The van der Waals surface area contributed by atoms with Crippen LogP contribution in [-0.4, -0.2) is 37.0 Å². The van der Waals surface area contributed by atoms with E-state index in [0.29, 0.717) is 31.9 Å². The van der Waals surface area contributed by atoms with E-state index in [1.807, 2.05) is 6.07 Å². The summed E-state index contributed by atoms with van der Waals surface area (Å²) in [5, 5.41) is 9.21. The molecule has 1 aliphatic heterocycles. The molecule has 3 rings (SSSR count). The van der Waals surface area contributed by atoms with E-state index in [1.165, 1.54) is 30.3 Å². The van der Waals surface area contributed by atoms with Gasteiger partial charge < -0.3 is 9.80 Å². The molecule has 0 unspecified atom stereocenters. The number of alkyl halides is 3. The van der Waals surface area contributed by atoms with Gasteiger partial charge in [0, 0.05) is 31.7 Å². The van der Waals surface area contributed by atoms with Crippen LogP contribution < -0.4 is 4.90 Å². The van der Waals surface area contributed by atoms with Crippen LogP contribution in [0.2, 0.25) is 0 Å². The Morgan fingerprint density at radius 2 is 1.74 bits per heavy atom. The van der Waals surface area contributed by atoms with Crippen molar-refractivity contribution in [2.45, 2.75) is 6.18 Å². The first kappa shape index (κ1) is 18.7. The lowest BCUT2D eigenvalue weighted by Gasteiger charge is -2.36. The summed E-state index contributed by atoms with van der Waals surface area (Å²) in [5.74, 6) is -0.801. The van der Waals surface area contributed by atoms with Gasteiger partial charge in [-0.2, -0.15) is 18.4 Å². The third-order valence-electron chi connectivity index (χ3n) is 4.42. The van der Waals surface area contributed by atoms with Crippen molar-refractivity contribution in [3.8, 4) is 6.07 Å². The van der Waals surface area contributed by atoms with Crippen molar-refractivity contribution in [3.63, 3.8) is 0 Å². The molecule has 140 valence electrons. The van der Waals surface area contributed by atoms with Crippen molar-refractivity contribution >= 4 is 11.6 Å². The second-order valence-corrected chi connectivity index (χ2v) is 6.13. The number of hydrogen-bond donors (Lipinski definition) is 0. The van der Waals surface area contributed by atoms with E-state index in [1.54, 1.807) is 9.80 Å². The van der Waals surface area contributed by atoms with Crippen molar-refractivity contribution in [2.24, 2.45) is 0 Å². The van der Waals surface area contributed by atoms with Gasteiger partial charge in [0.15, 0.2) is 0 Å². The summed E-state index contributed by atoms with van der Waals surface area (Å²) >= 11 is 0. The fourth-order valence-corrected chi connectivity index (χ4v) is 3.03. The number of rotatable bonds is 2. The third kappa shape index (κ3) is 4.03. The van der Waals surface area contributed by atoms with E-state index >= 15 is 0 Å². The summed E-state index contributed by atoms with van der Waals surface area (Å²) in [4.78, 5) is 15.8. The molecule has 0 aliphatic carbocycles. The molecule has 2 aromatic rings. The Kier molecular flexibility index (Phi) is 5.04. The number of nitriles is 1. The van der Waals surface area contributed by atoms with Crippen molar-refractivity contribution in [1.29, 1.82) is 5.26 Å². The van der Waals surface area contributed by atoms with Gasteiger partial charge in [0.05, 0.1) is 16.8 Å². The highest BCUT2D eigenvalue weighted by molar-refractivity contribution is 5.94. The van der Waals surface area contributed by atoms with Gasteiger partial charge in [-0.05, 0) is 36.4 Å². The van der Waals surface area contributed by atoms with Gasteiger partial charge in [0.2, 0.25) is 0 Å². The van der Waals surface area contributed by atoms with E-state index in [-0.39, 0.29) is 17.0 Å². The topological polar surface area (TPSA) is 47.3 Å². The molecule has 1 aliphatic rings. The summed E-state index contributed by atoms with van der Waals surface area (Å²) in [6.45, 7) is 1.37. The largest absolute Gasteiger partial charge is 0.416 e. The maximum atomic E-state index is 13.3. The zero-order chi connectivity index (χ0) is 19.6. The number of hydrogen-bond acceptors (Lipinski definition) is 3. The van der Waals surface area contributed by atoms with Crippen molar-refractivity contribution in [1.82, 2.24) is 4.90 Å². The van der Waals surface area contributed by atoms with Gasteiger partial charge in [0.1, 0.15) is 11.9 Å². The molecule has 0 spiro atoms. The fourth-order valence-electron chi connectivity index (χ4n) is 3.03. The first-order valence-electron chi connectivity index (χ1n) is 8.21. The van der Waals surface area contributed by atoms with Gasteiger partial charge in [-0.15, -0.1) is 0 Å². The van der Waals surface area contributed by atoms with Crippen molar-refractivity contribution in [3.05, 3.63) is 65.0 Å². The lowest BCUT2D eigenvalue weighted by molar-refractivity contribution is -0.137. The second-order valence-electron chi connectivity index (χ2n) is 6.13. The van der Waals surface area contributed by atoms with E-state index in [0.717, 1.165) is 12.1 Å². The molecule has 0 saturated carbocycles. The normalized spacial score (nSPS) is 14.8. The Morgan fingerprint density at radius 3 is 2.33 bits per heavy atom. The zero-order valence-corrected chi connectivity index (χ0v) is 14.1. The van der Waals surface area contributed by atoms with E-state index < -0.39 is 17.6 Å². The molecule has 1 amide bonds. The van der Waals surface area contributed by atoms with Gasteiger partial charge in [0.25, 0.3) is 5.91 Å². The van der Waals surface area contributed by atoms with Crippen LogP contribution in [0.1, 0.15) is 21.5 Å². The molecule has 0 bridgehead atoms. The Morgan fingerprint density at radius 1 is 1.04 bits per heavy atom. The Bertz CT molecular complexity index is 897. The van der Waals surface area contributed by atoms with E-state index in [4.69, 9.17) is 0 Å². The first-order valence-corrected chi connectivity index (χ1v) is 8.21. The van der Waals surface area contributed by atoms with Crippen LogP contribution in [0.3, 0.4) is 0 Å². The summed E-state index contributed by atoms with van der Waals surface area (Å²) in [5.41, 5.74) is -0.281. The standard InChI is InChI=1S/C19H15F4N3O/c20-16-3-1-2-13(11-16)18(27)26-8-6-25(7-9-26)17-5-4-15(19(21,22)23)10-14(17)12-24/h1-5,10-11H,6-9H2. The van der Waals surface area contributed by atoms with Crippen LogP contribution in [0.15, 0.2) is 42.5 Å². The van der Waals surface area contributed by atoms with Crippen molar-refractivity contribution < 1.29 is 22.4 Å². The molecule has 0 radical (unpaired) electrons. The monoisotopic (exact) mass is 377 g/mol. The maximum absolute atomic E-state index is 13.3. The van der Waals surface area contributed by atoms with Crippen molar-refractivity contribution in [2.75, 3.05) is 31.1 Å². The van der Waals surface area contributed by atoms with Crippen LogP contribution in [0.25, 0.3) is 0 Å². The Balaban J connectivity index is 1.72. The number of nitrogens with zero attached hydrogens (tertiary/aromatic N) is 3.